The smallest absolute Gasteiger partial charge is 0.456 e. The van der Waals surface area contributed by atoms with E-state index in [1.165, 1.54) is 32.6 Å². The van der Waals surface area contributed by atoms with Crippen LogP contribution in [0.5, 0.6) is 0 Å². The van der Waals surface area contributed by atoms with Crippen molar-refractivity contribution >= 4 is 126 Å². The van der Waals surface area contributed by atoms with Crippen molar-refractivity contribution in [2.24, 2.45) is 0 Å². The van der Waals surface area contributed by atoms with E-state index in [1.807, 2.05) is 97.9 Å². The van der Waals surface area contributed by atoms with E-state index in [-0.39, 0.29) is 33.6 Å². The van der Waals surface area contributed by atoms with Gasteiger partial charge in [0.2, 0.25) is 0 Å². The lowest BCUT2D eigenvalue weighted by molar-refractivity contribution is 0.00578. The number of hydrogen-bond acceptors (Lipinski definition) is 8. The van der Waals surface area contributed by atoms with E-state index in [1.54, 1.807) is 0 Å². The number of nitrogens with zero attached hydrogens (tertiary/aromatic N) is 2. The van der Waals surface area contributed by atoms with Crippen LogP contribution in [-0.4, -0.2) is 63.9 Å². The molecule has 12 aromatic rings. The Bertz CT molecular complexity index is 4330. The zero-order valence-corrected chi connectivity index (χ0v) is 48.2. The molecular weight excluding hydrogens is 1020 g/mol. The Balaban J connectivity index is 0.000000120. The number of hydrogen-bond donors (Lipinski definition) is 0. The number of para-hydroxylation sites is 4. The number of fused-ring (bicyclic) bond motifs is 12. The van der Waals surface area contributed by atoms with Gasteiger partial charge in [0.05, 0.1) is 55.7 Å². The minimum atomic E-state index is -0.476. The summed E-state index contributed by atoms with van der Waals surface area (Å²) in [6.07, 6.45) is 0. The molecule has 0 N–H and O–H groups in total. The predicted molar refractivity (Wildman–Crippen MR) is 329 cm³/mol. The number of benzene rings is 8. The Hall–Kier alpha value is -6.80. The summed E-state index contributed by atoms with van der Waals surface area (Å²) >= 11 is 6.33. The van der Waals surface area contributed by atoms with E-state index in [9.17, 15) is 0 Å². The van der Waals surface area contributed by atoms with Crippen LogP contribution >= 0.6 is 11.6 Å². The predicted octanol–water partition coefficient (Wildman–Crippen LogP) is 16.6. The third-order valence-electron chi connectivity index (χ3n) is 17.9. The van der Waals surface area contributed by atoms with Gasteiger partial charge in [-0.25, -0.2) is 0 Å². The maximum absolute atomic E-state index is 6.37. The van der Waals surface area contributed by atoms with Gasteiger partial charge in [-0.1, -0.05) is 103 Å². The van der Waals surface area contributed by atoms with E-state index in [0.29, 0.717) is 0 Å². The normalized spacial score (nSPS) is 18.8. The molecule has 8 aromatic carbocycles. The molecule has 0 unspecified atom stereocenters. The number of rotatable bonds is 4. The highest BCUT2D eigenvalue weighted by molar-refractivity contribution is 7.11. The summed E-state index contributed by atoms with van der Waals surface area (Å²) in [6, 6.07) is 58.8. The number of halogens is 1. The van der Waals surface area contributed by atoms with Crippen LogP contribution in [0, 0.1) is 0 Å². The minimum Gasteiger partial charge on any atom is -0.456 e. The second-order valence-electron chi connectivity index (χ2n) is 24.5. The molecule has 0 radical (unpaired) electrons. The summed E-state index contributed by atoms with van der Waals surface area (Å²) < 4.78 is 53.3. The van der Waals surface area contributed by atoms with Crippen molar-refractivity contribution in [3.05, 3.63) is 175 Å². The zero-order chi connectivity index (χ0) is 55.9. The van der Waals surface area contributed by atoms with Crippen molar-refractivity contribution < 1.29 is 36.8 Å². The summed E-state index contributed by atoms with van der Waals surface area (Å²) in [6.45, 7) is 24.6. The maximum atomic E-state index is 6.37. The number of aromatic nitrogens is 2. The summed E-state index contributed by atoms with van der Waals surface area (Å²) in [5, 5.41) is 10.1. The van der Waals surface area contributed by atoms with Crippen molar-refractivity contribution in [3.63, 3.8) is 0 Å². The molecule has 0 aliphatic carbocycles. The molecule has 7 heterocycles. The van der Waals surface area contributed by atoms with Gasteiger partial charge >= 0.3 is 21.1 Å². The topological polar surface area (TPSA) is 91.5 Å². The molecule has 0 amide bonds. The Morgan fingerprint density at radius 2 is 0.662 bits per heavy atom. The van der Waals surface area contributed by atoms with Gasteiger partial charge in [-0.2, -0.15) is 0 Å². The molecular formula is C66H64B3ClN2O8. The van der Waals surface area contributed by atoms with Crippen LogP contribution in [0.15, 0.2) is 179 Å². The summed E-state index contributed by atoms with van der Waals surface area (Å²) in [7, 11) is -1.36. The zero-order valence-electron chi connectivity index (χ0n) is 47.4. The van der Waals surface area contributed by atoms with Gasteiger partial charge in [-0.05, 0) is 167 Å². The third kappa shape index (κ3) is 8.58. The third-order valence-corrected chi connectivity index (χ3v) is 18.1. The van der Waals surface area contributed by atoms with Gasteiger partial charge in [0, 0.05) is 59.5 Å². The van der Waals surface area contributed by atoms with Crippen LogP contribution in [0.3, 0.4) is 0 Å². The van der Waals surface area contributed by atoms with E-state index < -0.39 is 21.1 Å². The van der Waals surface area contributed by atoms with Gasteiger partial charge in [0.15, 0.2) is 0 Å². The molecule has 80 heavy (non-hydrogen) atoms. The highest BCUT2D eigenvalue weighted by atomic mass is 35.5. The lowest BCUT2D eigenvalue weighted by Gasteiger charge is -2.32. The van der Waals surface area contributed by atoms with Gasteiger partial charge in [-0.3, -0.25) is 0 Å². The quantitative estimate of drug-likeness (QED) is 0.161. The monoisotopic (exact) mass is 1080 g/mol. The molecule has 402 valence electrons. The largest absolute Gasteiger partial charge is 0.494 e. The Morgan fingerprint density at radius 1 is 0.312 bits per heavy atom. The second kappa shape index (κ2) is 18.6. The van der Waals surface area contributed by atoms with Crippen molar-refractivity contribution in [2.75, 3.05) is 0 Å². The number of furan rings is 2. The van der Waals surface area contributed by atoms with Crippen LogP contribution in [0.25, 0.3) is 98.9 Å². The van der Waals surface area contributed by atoms with Crippen molar-refractivity contribution in [3.8, 4) is 11.4 Å². The van der Waals surface area contributed by atoms with Crippen molar-refractivity contribution in [1.82, 2.24) is 9.13 Å². The summed E-state index contributed by atoms with van der Waals surface area (Å²) in [5.74, 6) is 0. The van der Waals surface area contributed by atoms with Crippen LogP contribution in [0.2, 0.25) is 5.02 Å². The Kier molecular flexibility index (Phi) is 12.2. The molecule has 3 fully saturated rings. The molecule has 15 rings (SSSR count). The van der Waals surface area contributed by atoms with Crippen LogP contribution in [0.4, 0.5) is 0 Å². The molecule has 3 aliphatic heterocycles. The van der Waals surface area contributed by atoms with E-state index >= 15 is 0 Å². The fraction of sp³-hybridized carbons (Fsp3) is 0.273. The van der Waals surface area contributed by atoms with Gasteiger partial charge in [0.25, 0.3) is 0 Å². The maximum Gasteiger partial charge on any atom is 0.494 e. The second-order valence-corrected chi connectivity index (χ2v) is 25.0. The van der Waals surface area contributed by atoms with Crippen LogP contribution in [-0.2, 0) is 27.9 Å². The lowest BCUT2D eigenvalue weighted by Crippen LogP contribution is -2.41. The SMILES string of the molecule is CC1(C)OB(B2OC(C)(C)C(C)(C)O2)OC1(C)C.CC1(C)OB(c2ccc3c4ccccc4n(-c4ccc5oc6ccccc6c5c4)c3c2)OC1(C)C.Clc1ccc2c3ccccc3n(-c3ccc4oc5ccccc5c4c3)c2c1. The molecule has 4 aromatic heterocycles. The standard InChI is InChI=1S/C30H26BNO3.C24H14ClNO.C12H24B2O4/c1-29(2)30(3,4)35-31(34-29)19-13-15-22-21-9-5-7-11-25(21)32(26(22)17-19)20-14-16-28-24(18-20)23-10-6-8-12-27(23)33-28;25-15-9-11-18-17-5-1-3-7-21(17)26(22(18)13-15)16-10-12-24-20(14-16)19-6-2-4-8-23(19)27-24;1-9(2)10(3,4)16-13(15-9)14-17-11(5,6)12(7,8)18-14/h5-18H,1-4H3;1-14H;1-8H3. The first-order valence-electron chi connectivity index (χ1n) is 27.6. The first kappa shape index (κ1) is 52.6. The molecule has 0 saturated carbocycles. The van der Waals surface area contributed by atoms with Crippen LogP contribution < -0.4 is 5.46 Å². The molecule has 0 atom stereocenters. The van der Waals surface area contributed by atoms with E-state index in [2.05, 4.69) is 164 Å². The summed E-state index contributed by atoms with van der Waals surface area (Å²) in [5.41, 5.74) is 9.21. The van der Waals surface area contributed by atoms with Gasteiger partial charge in [-0.15, -0.1) is 0 Å². The molecule has 0 bridgehead atoms. The van der Waals surface area contributed by atoms with Crippen LogP contribution in [0.1, 0.15) is 83.1 Å². The molecule has 3 saturated heterocycles. The molecule has 14 heteroatoms. The Morgan fingerprint density at radius 3 is 1.11 bits per heavy atom. The highest BCUT2D eigenvalue weighted by Gasteiger charge is 2.64. The fourth-order valence-electron chi connectivity index (χ4n) is 11.3. The van der Waals surface area contributed by atoms with E-state index in [0.717, 1.165) is 76.8 Å². The van der Waals surface area contributed by atoms with Gasteiger partial charge in [0.1, 0.15) is 22.3 Å². The first-order chi connectivity index (χ1) is 38.0. The Labute approximate surface area is 472 Å². The molecule has 3 aliphatic rings. The minimum absolute atomic E-state index is 0.360. The first-order valence-corrected chi connectivity index (χ1v) is 28.0. The average Bonchev–Trinajstić information content (AvgIpc) is 4.35. The average molecular weight is 1080 g/mol. The molecule has 0 spiro atoms. The lowest BCUT2D eigenvalue weighted by atomic mass is 9.49. The summed E-state index contributed by atoms with van der Waals surface area (Å²) in [4.78, 5) is 0. The van der Waals surface area contributed by atoms with Crippen molar-refractivity contribution in [2.45, 2.75) is 117 Å². The van der Waals surface area contributed by atoms with Crippen molar-refractivity contribution in [1.29, 1.82) is 0 Å². The fourth-order valence-corrected chi connectivity index (χ4v) is 11.5. The van der Waals surface area contributed by atoms with E-state index in [4.69, 9.17) is 48.4 Å². The molecule has 10 nitrogen and oxygen atoms in total. The highest BCUT2D eigenvalue weighted by Crippen LogP contribution is 2.44. The van der Waals surface area contributed by atoms with Gasteiger partial charge < -0.3 is 45.9 Å².